The number of phenolic OH excluding ortho intramolecular Hbond substituents is 1. The standard InChI is InChI=1S/C21H24Br2NO7P/c1-4-30-19(26)7-12(2)24-21(27)15-10-14(5-6-18(15)25)31-20-16(22)8-13(9-17(20)23)11-32(3,28)29/h5-6,8-10,12,25H,4,7,11H2,1-3H3,(H,24,27)(H,28,29). The zero-order chi connectivity index (χ0) is 24.1. The molecule has 2 aromatic carbocycles. The third kappa shape index (κ3) is 7.92. The number of hydrogen-bond acceptors (Lipinski definition) is 6. The van der Waals surface area contributed by atoms with Crippen molar-refractivity contribution >= 4 is 51.1 Å². The Morgan fingerprint density at radius 3 is 2.38 bits per heavy atom. The quantitative estimate of drug-likeness (QED) is 0.271. The van der Waals surface area contributed by atoms with Crippen molar-refractivity contribution in [3.63, 3.8) is 0 Å². The van der Waals surface area contributed by atoms with Gasteiger partial charge >= 0.3 is 5.97 Å². The highest BCUT2D eigenvalue weighted by atomic mass is 79.9. The minimum absolute atomic E-state index is 0.00130. The van der Waals surface area contributed by atoms with Crippen molar-refractivity contribution in [2.75, 3.05) is 13.3 Å². The van der Waals surface area contributed by atoms with Crippen LogP contribution in [0.15, 0.2) is 39.3 Å². The molecule has 0 aliphatic carbocycles. The van der Waals surface area contributed by atoms with Crippen LogP contribution in [0.5, 0.6) is 17.2 Å². The van der Waals surface area contributed by atoms with E-state index in [4.69, 9.17) is 9.47 Å². The second-order valence-corrected chi connectivity index (χ2v) is 11.4. The van der Waals surface area contributed by atoms with E-state index in [0.29, 0.717) is 20.3 Å². The zero-order valence-corrected chi connectivity index (χ0v) is 21.8. The lowest BCUT2D eigenvalue weighted by Crippen LogP contribution is -2.34. The van der Waals surface area contributed by atoms with Crippen molar-refractivity contribution in [2.24, 2.45) is 0 Å². The van der Waals surface area contributed by atoms with Crippen LogP contribution in [-0.2, 0) is 20.3 Å². The third-order valence-electron chi connectivity index (χ3n) is 4.12. The van der Waals surface area contributed by atoms with Crippen molar-refractivity contribution in [1.29, 1.82) is 0 Å². The number of aromatic hydroxyl groups is 1. The Morgan fingerprint density at radius 2 is 1.81 bits per heavy atom. The number of esters is 1. The molecular formula is C21H24Br2NO7P. The Bertz CT molecular complexity index is 1030. The first-order chi connectivity index (χ1) is 14.9. The van der Waals surface area contributed by atoms with Crippen molar-refractivity contribution < 1.29 is 33.6 Å². The molecule has 32 heavy (non-hydrogen) atoms. The van der Waals surface area contributed by atoms with E-state index in [1.54, 1.807) is 26.0 Å². The lowest BCUT2D eigenvalue weighted by Gasteiger charge is -2.16. The maximum Gasteiger partial charge on any atom is 0.307 e. The van der Waals surface area contributed by atoms with Crippen molar-refractivity contribution in [2.45, 2.75) is 32.5 Å². The van der Waals surface area contributed by atoms with Gasteiger partial charge in [0.1, 0.15) is 11.5 Å². The van der Waals surface area contributed by atoms with E-state index >= 15 is 0 Å². The van der Waals surface area contributed by atoms with E-state index in [1.165, 1.54) is 24.9 Å². The molecule has 0 radical (unpaired) electrons. The number of amides is 1. The molecule has 174 valence electrons. The van der Waals surface area contributed by atoms with Crippen LogP contribution in [0.1, 0.15) is 36.2 Å². The van der Waals surface area contributed by atoms with E-state index in [1.807, 2.05) is 0 Å². The minimum Gasteiger partial charge on any atom is -0.507 e. The van der Waals surface area contributed by atoms with Crippen LogP contribution in [0.4, 0.5) is 0 Å². The van der Waals surface area contributed by atoms with Crippen molar-refractivity contribution in [1.82, 2.24) is 5.32 Å². The highest BCUT2D eigenvalue weighted by molar-refractivity contribution is 9.11. The predicted molar refractivity (Wildman–Crippen MR) is 128 cm³/mol. The Labute approximate surface area is 203 Å². The van der Waals surface area contributed by atoms with E-state index in [-0.39, 0.29) is 36.3 Å². The van der Waals surface area contributed by atoms with Crippen LogP contribution < -0.4 is 10.1 Å². The molecule has 2 aromatic rings. The number of rotatable bonds is 9. The van der Waals surface area contributed by atoms with Gasteiger partial charge in [-0.05, 0) is 81.6 Å². The first-order valence-corrected chi connectivity index (χ1v) is 13.5. The van der Waals surface area contributed by atoms with Crippen molar-refractivity contribution in [3.8, 4) is 17.2 Å². The van der Waals surface area contributed by atoms with Gasteiger partial charge in [0.25, 0.3) is 5.91 Å². The highest BCUT2D eigenvalue weighted by Gasteiger charge is 2.19. The number of halogens is 2. The number of benzene rings is 2. The number of carbonyl (C=O) groups is 2. The van der Waals surface area contributed by atoms with Gasteiger partial charge in [-0.1, -0.05) is 0 Å². The van der Waals surface area contributed by atoms with Crippen molar-refractivity contribution in [3.05, 3.63) is 50.4 Å². The molecule has 0 heterocycles. The van der Waals surface area contributed by atoms with E-state index in [0.717, 1.165) is 0 Å². The molecule has 0 aromatic heterocycles. The van der Waals surface area contributed by atoms with Crippen LogP contribution >= 0.6 is 39.2 Å². The molecule has 2 atom stereocenters. The first kappa shape index (κ1) is 26.4. The summed E-state index contributed by atoms with van der Waals surface area (Å²) in [4.78, 5) is 33.8. The lowest BCUT2D eigenvalue weighted by molar-refractivity contribution is -0.143. The predicted octanol–water partition coefficient (Wildman–Crippen LogP) is 5.18. The van der Waals surface area contributed by atoms with Crippen LogP contribution in [0.2, 0.25) is 0 Å². The topological polar surface area (TPSA) is 122 Å². The van der Waals surface area contributed by atoms with Gasteiger partial charge in [0.15, 0.2) is 5.75 Å². The van der Waals surface area contributed by atoms with Gasteiger partial charge < -0.3 is 24.8 Å². The normalized spacial score (nSPS) is 13.7. The fourth-order valence-electron chi connectivity index (χ4n) is 2.84. The van der Waals surface area contributed by atoms with Gasteiger partial charge in [-0.3, -0.25) is 14.2 Å². The van der Waals surface area contributed by atoms with Crippen LogP contribution in [0.25, 0.3) is 0 Å². The summed E-state index contributed by atoms with van der Waals surface area (Å²) < 4.78 is 23.5. The SMILES string of the molecule is CCOC(=O)CC(C)NC(=O)c1cc(Oc2c(Br)cc(CP(C)(=O)O)cc2Br)ccc1O. The molecule has 0 fully saturated rings. The summed E-state index contributed by atoms with van der Waals surface area (Å²) in [5.74, 6) is -0.567. The Hall–Kier alpha value is -1.87. The van der Waals surface area contributed by atoms with Gasteiger partial charge in [0.05, 0.1) is 27.5 Å². The Morgan fingerprint density at radius 1 is 1.19 bits per heavy atom. The molecule has 3 N–H and O–H groups in total. The average molecular weight is 593 g/mol. The van der Waals surface area contributed by atoms with Crippen LogP contribution in [-0.4, -0.2) is 41.2 Å². The molecule has 11 heteroatoms. The summed E-state index contributed by atoms with van der Waals surface area (Å²) >= 11 is 6.79. The van der Waals surface area contributed by atoms with E-state index in [9.17, 15) is 24.2 Å². The number of ether oxygens (including phenoxy) is 2. The molecular weight excluding hydrogens is 569 g/mol. The molecule has 2 unspecified atom stereocenters. The van der Waals surface area contributed by atoms with Crippen LogP contribution in [0, 0.1) is 0 Å². The summed E-state index contributed by atoms with van der Waals surface area (Å²) in [5, 5.41) is 12.8. The van der Waals surface area contributed by atoms with Gasteiger partial charge in [0.2, 0.25) is 7.37 Å². The van der Waals surface area contributed by atoms with Crippen LogP contribution in [0.3, 0.4) is 0 Å². The fourth-order valence-corrected chi connectivity index (χ4v) is 5.14. The number of phenols is 1. The van der Waals surface area contributed by atoms with Gasteiger partial charge in [-0.15, -0.1) is 0 Å². The third-order valence-corrected chi connectivity index (χ3v) is 6.25. The zero-order valence-electron chi connectivity index (χ0n) is 17.7. The maximum atomic E-state index is 12.6. The summed E-state index contributed by atoms with van der Waals surface area (Å²) in [5.41, 5.74) is 0.625. The van der Waals surface area contributed by atoms with Gasteiger partial charge in [-0.25, -0.2) is 0 Å². The molecule has 0 saturated heterocycles. The molecule has 2 rings (SSSR count). The van der Waals surface area contributed by atoms with Gasteiger partial charge in [-0.2, -0.15) is 0 Å². The molecule has 8 nitrogen and oxygen atoms in total. The molecule has 0 saturated carbocycles. The molecule has 0 bridgehead atoms. The number of hydrogen-bond donors (Lipinski definition) is 3. The summed E-state index contributed by atoms with van der Waals surface area (Å²) in [7, 11) is -3.24. The van der Waals surface area contributed by atoms with E-state index < -0.39 is 25.3 Å². The maximum absolute atomic E-state index is 12.6. The number of carbonyl (C=O) groups excluding carboxylic acids is 2. The average Bonchev–Trinajstić information content (AvgIpc) is 2.64. The fraction of sp³-hybridized carbons (Fsp3) is 0.333. The molecule has 0 spiro atoms. The second kappa shape index (κ2) is 11.3. The first-order valence-electron chi connectivity index (χ1n) is 9.64. The second-order valence-electron chi connectivity index (χ2n) is 7.26. The van der Waals surface area contributed by atoms with E-state index in [2.05, 4.69) is 37.2 Å². The largest absolute Gasteiger partial charge is 0.507 e. The van der Waals surface area contributed by atoms with Gasteiger partial charge in [0, 0.05) is 18.9 Å². The lowest BCUT2D eigenvalue weighted by atomic mass is 10.1. The summed E-state index contributed by atoms with van der Waals surface area (Å²) in [6.45, 7) is 4.90. The molecule has 0 aliphatic heterocycles. The minimum atomic E-state index is -3.24. The Kier molecular flexibility index (Phi) is 9.33. The Balaban J connectivity index is 2.20. The molecule has 1 amide bonds. The highest BCUT2D eigenvalue weighted by Crippen LogP contribution is 2.44. The summed E-state index contributed by atoms with van der Waals surface area (Å²) in [6.07, 6.45) is 0.0132. The summed E-state index contributed by atoms with van der Waals surface area (Å²) in [6, 6.07) is 7.06. The smallest absolute Gasteiger partial charge is 0.307 e. The number of nitrogens with one attached hydrogen (secondary N) is 1. The monoisotopic (exact) mass is 591 g/mol. The molecule has 0 aliphatic rings.